The monoisotopic (exact) mass is 530 g/mol. The number of carbonyl (C=O) groups is 1. The molecule has 9 nitrogen and oxygen atoms in total. The molecule has 39 heavy (non-hydrogen) atoms. The lowest BCUT2D eigenvalue weighted by Crippen LogP contribution is -2.43. The second-order valence-corrected chi connectivity index (χ2v) is 11.6. The van der Waals surface area contributed by atoms with Crippen molar-refractivity contribution in [3.05, 3.63) is 71.5 Å². The number of piperidine rings is 1. The molecule has 5 heterocycles. The van der Waals surface area contributed by atoms with Crippen LogP contribution in [0.2, 0.25) is 0 Å². The number of hydrogen-bond donors (Lipinski definition) is 1. The van der Waals surface area contributed by atoms with E-state index in [4.69, 9.17) is 0 Å². The number of nitrogens with zero attached hydrogens (tertiary/aromatic N) is 7. The van der Waals surface area contributed by atoms with Crippen LogP contribution >= 0.6 is 0 Å². The average molecular weight is 531 g/mol. The summed E-state index contributed by atoms with van der Waals surface area (Å²) >= 11 is 0. The van der Waals surface area contributed by atoms with Crippen molar-refractivity contribution >= 4 is 17.2 Å². The van der Waals surface area contributed by atoms with Gasteiger partial charge in [-0.25, -0.2) is 9.37 Å². The Labute approximate surface area is 227 Å². The smallest absolute Gasteiger partial charge is 0.259 e. The van der Waals surface area contributed by atoms with Crippen LogP contribution in [0.15, 0.2) is 43.2 Å². The molecule has 204 valence electrons. The molecule has 0 radical (unpaired) electrons. The van der Waals surface area contributed by atoms with Crippen molar-refractivity contribution < 1.29 is 9.18 Å². The first kappa shape index (κ1) is 25.6. The number of aromatic nitrogens is 6. The first-order valence-corrected chi connectivity index (χ1v) is 13.7. The predicted molar refractivity (Wildman–Crippen MR) is 146 cm³/mol. The maximum Gasteiger partial charge on any atom is 0.259 e. The molecule has 1 aliphatic carbocycles. The summed E-state index contributed by atoms with van der Waals surface area (Å²) in [4.78, 5) is 24.9. The van der Waals surface area contributed by atoms with Crippen LogP contribution in [0.1, 0.15) is 66.1 Å². The molecule has 0 unspecified atom stereocenters. The lowest BCUT2D eigenvalue weighted by atomic mass is 9.59. The summed E-state index contributed by atoms with van der Waals surface area (Å²) in [6.07, 6.45) is 10.8. The summed E-state index contributed by atoms with van der Waals surface area (Å²) in [5.74, 6) is 1.25. The van der Waals surface area contributed by atoms with Crippen molar-refractivity contribution in [3.63, 3.8) is 0 Å². The number of amides is 1. The van der Waals surface area contributed by atoms with Crippen molar-refractivity contribution in [3.8, 4) is 0 Å². The Balaban J connectivity index is 1.29. The molecule has 4 aromatic heterocycles. The summed E-state index contributed by atoms with van der Waals surface area (Å²) in [5, 5.41) is 11.6. The van der Waals surface area contributed by atoms with Gasteiger partial charge < -0.3 is 14.3 Å². The van der Waals surface area contributed by atoms with Crippen LogP contribution in [-0.2, 0) is 19.0 Å². The lowest BCUT2D eigenvalue weighted by Gasteiger charge is -2.45. The molecule has 1 saturated carbocycles. The van der Waals surface area contributed by atoms with Gasteiger partial charge in [0.1, 0.15) is 24.0 Å². The van der Waals surface area contributed by atoms with Gasteiger partial charge in [-0.05, 0) is 55.4 Å². The average Bonchev–Trinajstić information content (AvgIpc) is 3.49. The molecule has 0 aromatic carbocycles. The largest absolute Gasteiger partial charge is 0.320 e. The summed E-state index contributed by atoms with van der Waals surface area (Å²) in [6, 6.07) is 3.92. The highest BCUT2D eigenvalue weighted by atomic mass is 19.1. The van der Waals surface area contributed by atoms with Crippen LogP contribution in [0.3, 0.4) is 0 Å². The molecular weight excluding hydrogens is 495 g/mol. The fraction of sp³-hybridized carbons (Fsp3) is 0.483. The van der Waals surface area contributed by atoms with Crippen LogP contribution < -0.4 is 5.32 Å². The van der Waals surface area contributed by atoms with Gasteiger partial charge in [0.25, 0.3) is 5.91 Å². The van der Waals surface area contributed by atoms with Crippen LogP contribution in [0.4, 0.5) is 10.1 Å². The summed E-state index contributed by atoms with van der Waals surface area (Å²) in [6.45, 7) is 8.23. The van der Waals surface area contributed by atoms with E-state index in [0.29, 0.717) is 48.9 Å². The van der Waals surface area contributed by atoms with E-state index in [2.05, 4.69) is 37.3 Å². The number of likely N-dealkylation sites (tertiary alicyclic amines) is 1. The zero-order valence-electron chi connectivity index (χ0n) is 22.9. The van der Waals surface area contributed by atoms with Crippen molar-refractivity contribution in [2.75, 3.05) is 18.4 Å². The summed E-state index contributed by atoms with van der Waals surface area (Å²) < 4.78 is 18.0. The molecule has 2 atom stereocenters. The van der Waals surface area contributed by atoms with Crippen molar-refractivity contribution in [1.82, 2.24) is 34.0 Å². The number of rotatable bonds is 6. The van der Waals surface area contributed by atoms with Gasteiger partial charge in [-0.3, -0.25) is 14.7 Å². The number of nitrogens with one attached hydrogen (secondary N) is 1. The third-order valence-electron chi connectivity index (χ3n) is 8.46. The Morgan fingerprint density at radius 1 is 1.21 bits per heavy atom. The number of anilines is 1. The lowest BCUT2D eigenvalue weighted by molar-refractivity contribution is 0.0925. The Morgan fingerprint density at radius 2 is 2.03 bits per heavy atom. The van der Waals surface area contributed by atoms with E-state index in [9.17, 15) is 9.18 Å². The SMILES string of the molecule is Cc1cnc2c(C(=O)Nc3cncc(C4(c5nncn5C)CC(C)C4)c3)cc(CN3CC[C@H](F)[C@H](C)C3)cn12. The molecule has 2 aliphatic rings. The number of imidazole rings is 1. The first-order valence-electron chi connectivity index (χ1n) is 13.7. The van der Waals surface area contributed by atoms with Crippen molar-refractivity contribution in [2.45, 2.75) is 58.2 Å². The molecule has 1 N–H and O–H groups in total. The van der Waals surface area contributed by atoms with Gasteiger partial charge >= 0.3 is 0 Å². The quantitative estimate of drug-likeness (QED) is 0.399. The van der Waals surface area contributed by atoms with Crippen molar-refractivity contribution in [2.24, 2.45) is 18.9 Å². The minimum absolute atomic E-state index is 0.00324. The molecule has 4 aromatic rings. The minimum Gasteiger partial charge on any atom is -0.320 e. The third-order valence-corrected chi connectivity index (χ3v) is 8.46. The van der Waals surface area contributed by atoms with E-state index in [-0.39, 0.29) is 17.2 Å². The van der Waals surface area contributed by atoms with E-state index >= 15 is 0 Å². The van der Waals surface area contributed by atoms with Gasteiger partial charge in [-0.15, -0.1) is 10.2 Å². The molecule has 1 saturated heterocycles. The number of halogens is 1. The fourth-order valence-electron chi connectivity index (χ4n) is 6.48. The van der Waals surface area contributed by atoms with Crippen LogP contribution in [0.5, 0.6) is 0 Å². The zero-order valence-corrected chi connectivity index (χ0v) is 22.9. The predicted octanol–water partition coefficient (Wildman–Crippen LogP) is 4.31. The van der Waals surface area contributed by atoms with Crippen LogP contribution in [0.25, 0.3) is 5.65 Å². The number of aryl methyl sites for hydroxylation is 2. The first-order chi connectivity index (χ1) is 18.7. The highest BCUT2D eigenvalue weighted by Gasteiger charge is 2.48. The highest BCUT2D eigenvalue weighted by Crippen LogP contribution is 2.51. The van der Waals surface area contributed by atoms with Crippen molar-refractivity contribution in [1.29, 1.82) is 0 Å². The van der Waals surface area contributed by atoms with Gasteiger partial charge in [0.05, 0.1) is 22.9 Å². The number of fused-ring (bicyclic) bond motifs is 1. The van der Waals surface area contributed by atoms with E-state index in [0.717, 1.165) is 35.5 Å². The maximum absolute atomic E-state index is 14.0. The standard InChI is InChI=1S/C29H35FN8O/c1-18-9-29(10-18,28-35-33-17-36(28)4)22-8-23(13-31-12-22)34-27(39)24-7-21(16-38-20(3)11-32-26(24)38)15-37-6-5-25(30)19(2)14-37/h7-8,11-13,16-19,25H,5-6,9-10,14-15H2,1-4H3,(H,34,39)/t18?,19-,25+,29?/m1/s1. The molecular formula is C29H35FN8O. The van der Waals surface area contributed by atoms with E-state index in [1.807, 2.05) is 54.4 Å². The van der Waals surface area contributed by atoms with Gasteiger partial charge in [-0.2, -0.15) is 0 Å². The van der Waals surface area contributed by atoms with Gasteiger partial charge in [0.2, 0.25) is 0 Å². The molecule has 2 fully saturated rings. The Morgan fingerprint density at radius 3 is 2.74 bits per heavy atom. The topological polar surface area (TPSA) is 93.2 Å². The third kappa shape index (κ3) is 4.60. The summed E-state index contributed by atoms with van der Waals surface area (Å²) in [7, 11) is 1.96. The Hall–Kier alpha value is -3.66. The van der Waals surface area contributed by atoms with Gasteiger partial charge in [-0.1, -0.05) is 13.8 Å². The van der Waals surface area contributed by atoms with Crippen LogP contribution in [0, 0.1) is 18.8 Å². The second-order valence-electron chi connectivity index (χ2n) is 11.6. The normalized spacial score (nSPS) is 25.5. The number of hydrogen-bond acceptors (Lipinski definition) is 6. The number of carbonyl (C=O) groups excluding carboxylic acids is 1. The van der Waals surface area contributed by atoms with E-state index < -0.39 is 6.17 Å². The molecule has 0 bridgehead atoms. The van der Waals surface area contributed by atoms with E-state index in [1.54, 1.807) is 18.7 Å². The molecule has 0 spiro atoms. The number of alkyl halides is 1. The molecule has 1 aliphatic heterocycles. The van der Waals surface area contributed by atoms with Crippen LogP contribution in [-0.4, -0.2) is 59.2 Å². The Kier molecular flexibility index (Phi) is 6.45. The Bertz CT molecular complexity index is 1520. The number of pyridine rings is 2. The zero-order chi connectivity index (χ0) is 27.3. The van der Waals surface area contributed by atoms with Gasteiger partial charge in [0, 0.05) is 56.9 Å². The second kappa shape index (κ2) is 9.82. The van der Waals surface area contributed by atoms with Gasteiger partial charge in [0.15, 0.2) is 0 Å². The summed E-state index contributed by atoms with van der Waals surface area (Å²) in [5.41, 5.74) is 4.44. The molecule has 1 amide bonds. The highest BCUT2D eigenvalue weighted by molar-refractivity contribution is 6.08. The maximum atomic E-state index is 14.0. The molecule has 6 rings (SSSR count). The molecule has 10 heteroatoms. The van der Waals surface area contributed by atoms with E-state index in [1.165, 1.54) is 0 Å². The minimum atomic E-state index is -0.749. The fourth-order valence-corrected chi connectivity index (χ4v) is 6.48.